The Morgan fingerprint density at radius 1 is 1.44 bits per heavy atom. The predicted octanol–water partition coefficient (Wildman–Crippen LogP) is 2.51. The molecule has 0 bridgehead atoms. The summed E-state index contributed by atoms with van der Waals surface area (Å²) in [4.78, 5) is 7.03. The fourth-order valence-electron chi connectivity index (χ4n) is 1.64. The maximum Gasteiger partial charge on any atom is 0.186 e. The third-order valence-corrected chi connectivity index (χ3v) is 2.48. The number of aromatic amines is 1. The lowest BCUT2D eigenvalue weighted by Crippen LogP contribution is -2.18. The van der Waals surface area contributed by atoms with Gasteiger partial charge in [-0.1, -0.05) is 6.92 Å². The maximum absolute atomic E-state index is 13.4. The molecule has 0 aliphatic carbocycles. The van der Waals surface area contributed by atoms with E-state index in [0.717, 1.165) is 12.6 Å². The van der Waals surface area contributed by atoms with Crippen molar-refractivity contribution in [2.45, 2.75) is 19.9 Å². The van der Waals surface area contributed by atoms with Crippen LogP contribution in [0.2, 0.25) is 0 Å². The van der Waals surface area contributed by atoms with Gasteiger partial charge in [-0.2, -0.15) is 0 Å². The van der Waals surface area contributed by atoms with Crippen molar-refractivity contribution in [1.82, 2.24) is 15.3 Å². The first-order valence-electron chi connectivity index (χ1n) is 5.20. The van der Waals surface area contributed by atoms with Crippen LogP contribution in [0.1, 0.15) is 25.7 Å². The molecule has 0 aliphatic rings. The van der Waals surface area contributed by atoms with Gasteiger partial charge >= 0.3 is 0 Å². The summed E-state index contributed by atoms with van der Waals surface area (Å²) in [6.45, 7) is 4.67. The number of H-pyrrole nitrogens is 1. The van der Waals surface area contributed by atoms with E-state index < -0.39 is 11.6 Å². The van der Waals surface area contributed by atoms with Gasteiger partial charge in [-0.15, -0.1) is 0 Å². The Labute approximate surface area is 91.9 Å². The fraction of sp³-hybridized carbons (Fsp3) is 0.364. The number of rotatable bonds is 3. The maximum atomic E-state index is 13.4. The third-order valence-electron chi connectivity index (χ3n) is 2.48. The number of fused-ring (bicyclic) bond motifs is 1. The van der Waals surface area contributed by atoms with Gasteiger partial charge in [0.15, 0.2) is 11.6 Å². The molecule has 0 amide bonds. The van der Waals surface area contributed by atoms with E-state index in [0.29, 0.717) is 11.3 Å². The number of nitrogens with one attached hydrogen (secondary N) is 2. The molecule has 2 aromatic rings. The summed E-state index contributed by atoms with van der Waals surface area (Å²) in [7, 11) is 0. The molecule has 1 aromatic carbocycles. The molecule has 3 nitrogen and oxygen atoms in total. The number of halogens is 2. The van der Waals surface area contributed by atoms with Crippen LogP contribution in [-0.4, -0.2) is 16.5 Å². The smallest absolute Gasteiger partial charge is 0.186 e. The summed E-state index contributed by atoms with van der Waals surface area (Å²) >= 11 is 0. The first-order valence-corrected chi connectivity index (χ1v) is 5.20. The molecule has 16 heavy (non-hydrogen) atoms. The normalized spacial score (nSPS) is 13.2. The van der Waals surface area contributed by atoms with Crippen molar-refractivity contribution in [3.8, 4) is 0 Å². The molecule has 1 unspecified atom stereocenters. The molecule has 0 saturated carbocycles. The number of nitrogens with zero attached hydrogens (tertiary/aromatic N) is 1. The number of hydrogen-bond donors (Lipinski definition) is 2. The zero-order valence-electron chi connectivity index (χ0n) is 9.14. The highest BCUT2D eigenvalue weighted by Crippen LogP contribution is 2.20. The van der Waals surface area contributed by atoms with Crippen LogP contribution in [0.3, 0.4) is 0 Å². The average molecular weight is 225 g/mol. The van der Waals surface area contributed by atoms with Crippen molar-refractivity contribution >= 4 is 11.0 Å². The van der Waals surface area contributed by atoms with Crippen molar-refractivity contribution in [3.63, 3.8) is 0 Å². The van der Waals surface area contributed by atoms with Gasteiger partial charge in [0.05, 0.1) is 11.6 Å². The molecule has 86 valence electrons. The van der Waals surface area contributed by atoms with Crippen molar-refractivity contribution < 1.29 is 8.78 Å². The lowest BCUT2D eigenvalue weighted by molar-refractivity contribution is 0.515. The van der Waals surface area contributed by atoms with Crippen LogP contribution in [0.15, 0.2) is 12.1 Å². The van der Waals surface area contributed by atoms with Gasteiger partial charge in [-0.05, 0) is 25.6 Å². The second-order valence-electron chi connectivity index (χ2n) is 3.66. The Balaban J connectivity index is 2.48. The van der Waals surface area contributed by atoms with Crippen LogP contribution in [0.4, 0.5) is 8.78 Å². The summed E-state index contributed by atoms with van der Waals surface area (Å²) in [5, 5.41) is 3.15. The van der Waals surface area contributed by atoms with Gasteiger partial charge in [0, 0.05) is 0 Å². The number of aromatic nitrogens is 2. The van der Waals surface area contributed by atoms with Gasteiger partial charge in [0.2, 0.25) is 0 Å². The molecule has 0 radical (unpaired) electrons. The Hall–Kier alpha value is -1.49. The van der Waals surface area contributed by atoms with E-state index in [1.807, 2.05) is 13.8 Å². The highest BCUT2D eigenvalue weighted by molar-refractivity contribution is 5.75. The highest BCUT2D eigenvalue weighted by Gasteiger charge is 2.14. The molecule has 0 aliphatic heterocycles. The molecule has 1 aromatic heterocycles. The van der Waals surface area contributed by atoms with Crippen molar-refractivity contribution in [3.05, 3.63) is 29.6 Å². The van der Waals surface area contributed by atoms with Gasteiger partial charge in [-0.3, -0.25) is 0 Å². The Morgan fingerprint density at radius 2 is 2.19 bits per heavy atom. The minimum Gasteiger partial charge on any atom is -0.341 e. The van der Waals surface area contributed by atoms with Crippen LogP contribution in [0, 0.1) is 11.6 Å². The Kier molecular flexibility index (Phi) is 2.87. The first kappa shape index (κ1) is 11.0. The van der Waals surface area contributed by atoms with Crippen LogP contribution in [0.25, 0.3) is 11.0 Å². The van der Waals surface area contributed by atoms with Crippen LogP contribution in [-0.2, 0) is 0 Å². The molecule has 2 rings (SSSR count). The minimum absolute atomic E-state index is 0.0140. The fourth-order valence-corrected chi connectivity index (χ4v) is 1.64. The van der Waals surface area contributed by atoms with Gasteiger partial charge < -0.3 is 10.3 Å². The monoisotopic (exact) mass is 225 g/mol. The predicted molar refractivity (Wildman–Crippen MR) is 58.1 cm³/mol. The molecule has 0 saturated heterocycles. The summed E-state index contributed by atoms with van der Waals surface area (Å²) in [6, 6.07) is 2.57. The van der Waals surface area contributed by atoms with Crippen molar-refractivity contribution in [2.24, 2.45) is 0 Å². The molecule has 2 N–H and O–H groups in total. The molecule has 5 heteroatoms. The highest BCUT2D eigenvalue weighted by atomic mass is 19.2. The van der Waals surface area contributed by atoms with E-state index in [1.54, 1.807) is 0 Å². The lowest BCUT2D eigenvalue weighted by atomic mass is 10.3. The minimum atomic E-state index is -0.899. The topological polar surface area (TPSA) is 40.7 Å². The zero-order valence-corrected chi connectivity index (χ0v) is 9.14. The van der Waals surface area contributed by atoms with E-state index in [2.05, 4.69) is 15.3 Å². The molecule has 1 atom stereocenters. The summed E-state index contributed by atoms with van der Waals surface area (Å²) in [6.07, 6.45) is 0. The molecular weight excluding hydrogens is 212 g/mol. The van der Waals surface area contributed by atoms with E-state index in [-0.39, 0.29) is 11.6 Å². The zero-order chi connectivity index (χ0) is 11.7. The lowest BCUT2D eigenvalue weighted by Gasteiger charge is -2.07. The standard InChI is InChI=1S/C11H13F2N3/c1-3-14-6(2)11-15-8-5-4-7(12)9(13)10(8)16-11/h4-6,14H,3H2,1-2H3,(H,15,16). The van der Waals surface area contributed by atoms with Crippen molar-refractivity contribution in [1.29, 1.82) is 0 Å². The summed E-state index contributed by atoms with van der Waals surface area (Å²) < 4.78 is 26.3. The quantitative estimate of drug-likeness (QED) is 0.842. The van der Waals surface area contributed by atoms with Gasteiger partial charge in [0.25, 0.3) is 0 Å². The molecule has 0 fully saturated rings. The van der Waals surface area contributed by atoms with E-state index >= 15 is 0 Å². The second-order valence-corrected chi connectivity index (χ2v) is 3.66. The van der Waals surface area contributed by atoms with Crippen LogP contribution in [0.5, 0.6) is 0 Å². The molecule has 1 heterocycles. The Bertz CT molecular complexity index is 507. The Morgan fingerprint density at radius 3 is 2.88 bits per heavy atom. The van der Waals surface area contributed by atoms with E-state index in [4.69, 9.17) is 0 Å². The summed E-state index contributed by atoms with van der Waals surface area (Å²) in [5.74, 6) is -1.16. The third kappa shape index (κ3) is 1.78. The largest absolute Gasteiger partial charge is 0.341 e. The van der Waals surface area contributed by atoms with Crippen LogP contribution < -0.4 is 5.32 Å². The van der Waals surface area contributed by atoms with E-state index in [9.17, 15) is 8.78 Å². The summed E-state index contributed by atoms with van der Waals surface area (Å²) in [5.41, 5.74) is 0.568. The van der Waals surface area contributed by atoms with Crippen LogP contribution >= 0.6 is 0 Å². The molecular formula is C11H13F2N3. The van der Waals surface area contributed by atoms with Gasteiger partial charge in [0.1, 0.15) is 11.3 Å². The SMILES string of the molecule is CCNC(C)c1nc2c(F)c(F)ccc2[nH]1. The number of imidazole rings is 1. The van der Waals surface area contributed by atoms with Gasteiger partial charge in [-0.25, -0.2) is 13.8 Å². The second kappa shape index (κ2) is 4.17. The number of hydrogen-bond acceptors (Lipinski definition) is 2. The van der Waals surface area contributed by atoms with Crippen molar-refractivity contribution in [2.75, 3.05) is 6.54 Å². The first-order chi connectivity index (χ1) is 7.63. The molecule has 0 spiro atoms. The number of benzene rings is 1. The average Bonchev–Trinajstić information content (AvgIpc) is 2.69. The van der Waals surface area contributed by atoms with E-state index in [1.165, 1.54) is 6.07 Å².